The molecule has 2 aromatic carbocycles. The van der Waals surface area contributed by atoms with Crippen molar-refractivity contribution in [2.24, 2.45) is 0 Å². The summed E-state index contributed by atoms with van der Waals surface area (Å²) in [6, 6.07) is 19.7. The van der Waals surface area contributed by atoms with Gasteiger partial charge < -0.3 is 10.6 Å². The van der Waals surface area contributed by atoms with E-state index in [4.69, 9.17) is 0 Å². The van der Waals surface area contributed by atoms with E-state index < -0.39 is 0 Å². The maximum Gasteiger partial charge on any atom is 0.270 e. The van der Waals surface area contributed by atoms with Gasteiger partial charge in [0, 0.05) is 5.69 Å². The fourth-order valence-corrected chi connectivity index (χ4v) is 2.91. The average Bonchev–Trinajstić information content (AvgIpc) is 2.62. The van der Waals surface area contributed by atoms with E-state index in [1.165, 1.54) is 11.1 Å². The van der Waals surface area contributed by atoms with Gasteiger partial charge in [0.25, 0.3) is 5.91 Å². The molecule has 0 spiro atoms. The third kappa shape index (κ3) is 4.48. The number of nitrogens with zero attached hydrogens (tertiary/aromatic N) is 1. The summed E-state index contributed by atoms with van der Waals surface area (Å²) in [5, 5.41) is 6.30. The standard InChI is InChI=1S/C22H23N3O/c1-15-11-16(2)13-20(12-15)25-19-9-10-21(23-14-19)22(26)24-17(3)18-7-5-4-6-8-18/h4-14,17,25H,1-3H3,(H,24,26). The van der Waals surface area contributed by atoms with Crippen molar-refractivity contribution in [3.05, 3.63) is 89.2 Å². The van der Waals surface area contributed by atoms with Gasteiger partial charge in [-0.2, -0.15) is 0 Å². The van der Waals surface area contributed by atoms with E-state index in [1.807, 2.05) is 43.3 Å². The average molecular weight is 345 g/mol. The second-order valence-electron chi connectivity index (χ2n) is 6.54. The molecular formula is C22H23N3O. The molecule has 0 aliphatic heterocycles. The Morgan fingerprint density at radius 1 is 0.923 bits per heavy atom. The molecule has 0 aliphatic carbocycles. The quantitative estimate of drug-likeness (QED) is 0.689. The Morgan fingerprint density at radius 3 is 2.23 bits per heavy atom. The molecule has 132 valence electrons. The van der Waals surface area contributed by atoms with Gasteiger partial charge in [0.2, 0.25) is 0 Å². The van der Waals surface area contributed by atoms with Crippen LogP contribution in [0.3, 0.4) is 0 Å². The molecule has 3 rings (SSSR count). The van der Waals surface area contributed by atoms with E-state index in [1.54, 1.807) is 12.3 Å². The first-order chi connectivity index (χ1) is 12.5. The number of carbonyl (C=O) groups excluding carboxylic acids is 1. The van der Waals surface area contributed by atoms with Crippen LogP contribution in [-0.2, 0) is 0 Å². The molecule has 1 amide bonds. The predicted molar refractivity (Wildman–Crippen MR) is 106 cm³/mol. The lowest BCUT2D eigenvalue weighted by atomic mass is 10.1. The minimum Gasteiger partial charge on any atom is -0.354 e. The van der Waals surface area contributed by atoms with Crippen molar-refractivity contribution >= 4 is 17.3 Å². The van der Waals surface area contributed by atoms with Crippen LogP contribution in [0.25, 0.3) is 0 Å². The molecule has 3 aromatic rings. The minimum atomic E-state index is -0.181. The number of benzene rings is 2. The zero-order chi connectivity index (χ0) is 18.5. The fraction of sp³-hybridized carbons (Fsp3) is 0.182. The summed E-state index contributed by atoms with van der Waals surface area (Å²) in [6.07, 6.45) is 1.68. The molecule has 0 aliphatic rings. The Labute approximate surface area is 154 Å². The maximum absolute atomic E-state index is 12.4. The number of hydrogen-bond acceptors (Lipinski definition) is 3. The highest BCUT2D eigenvalue weighted by Gasteiger charge is 2.12. The van der Waals surface area contributed by atoms with E-state index >= 15 is 0 Å². The fourth-order valence-electron chi connectivity index (χ4n) is 2.91. The Hall–Kier alpha value is -3.14. The van der Waals surface area contributed by atoms with Crippen LogP contribution in [0, 0.1) is 13.8 Å². The molecule has 0 fully saturated rings. The van der Waals surface area contributed by atoms with Crippen molar-refractivity contribution in [2.75, 3.05) is 5.32 Å². The Morgan fingerprint density at radius 2 is 1.62 bits per heavy atom. The summed E-state index contributed by atoms with van der Waals surface area (Å²) >= 11 is 0. The predicted octanol–water partition coefficient (Wildman–Crippen LogP) is 4.93. The molecule has 2 N–H and O–H groups in total. The monoisotopic (exact) mass is 345 g/mol. The third-order valence-corrected chi connectivity index (χ3v) is 4.15. The zero-order valence-corrected chi connectivity index (χ0v) is 15.3. The lowest BCUT2D eigenvalue weighted by molar-refractivity contribution is 0.0935. The van der Waals surface area contributed by atoms with E-state index in [0.717, 1.165) is 16.9 Å². The summed E-state index contributed by atoms with van der Waals surface area (Å²) in [5.74, 6) is -0.181. The van der Waals surface area contributed by atoms with Gasteiger partial charge in [0.15, 0.2) is 0 Å². The molecule has 4 nitrogen and oxygen atoms in total. The molecule has 1 heterocycles. The van der Waals surface area contributed by atoms with Crippen molar-refractivity contribution in [2.45, 2.75) is 26.8 Å². The molecule has 4 heteroatoms. The summed E-state index contributed by atoms with van der Waals surface area (Å²) in [4.78, 5) is 16.7. The van der Waals surface area contributed by atoms with Crippen molar-refractivity contribution in [1.82, 2.24) is 10.3 Å². The Balaban J connectivity index is 1.66. The van der Waals surface area contributed by atoms with Gasteiger partial charge in [-0.05, 0) is 61.7 Å². The van der Waals surface area contributed by atoms with Crippen LogP contribution < -0.4 is 10.6 Å². The number of amides is 1. The topological polar surface area (TPSA) is 54.0 Å². The highest BCUT2D eigenvalue weighted by molar-refractivity contribution is 5.92. The number of aromatic nitrogens is 1. The number of rotatable bonds is 5. The molecule has 1 unspecified atom stereocenters. The van der Waals surface area contributed by atoms with Crippen molar-refractivity contribution in [3.8, 4) is 0 Å². The zero-order valence-electron chi connectivity index (χ0n) is 15.3. The van der Waals surface area contributed by atoms with Crippen LogP contribution in [0.15, 0.2) is 66.9 Å². The summed E-state index contributed by atoms with van der Waals surface area (Å²) in [6.45, 7) is 6.10. The first-order valence-electron chi connectivity index (χ1n) is 8.68. The molecule has 0 saturated heterocycles. The van der Waals surface area contributed by atoms with Crippen molar-refractivity contribution in [3.63, 3.8) is 0 Å². The summed E-state index contributed by atoms with van der Waals surface area (Å²) in [5.41, 5.74) is 5.73. The number of carbonyl (C=O) groups is 1. The van der Waals surface area contributed by atoms with Crippen molar-refractivity contribution in [1.29, 1.82) is 0 Å². The second-order valence-corrected chi connectivity index (χ2v) is 6.54. The van der Waals surface area contributed by atoms with Gasteiger partial charge in [0.1, 0.15) is 5.69 Å². The second kappa shape index (κ2) is 7.83. The van der Waals surface area contributed by atoms with E-state index in [0.29, 0.717) is 5.69 Å². The molecule has 1 atom stereocenters. The first kappa shape index (κ1) is 17.7. The third-order valence-electron chi connectivity index (χ3n) is 4.15. The van der Waals surface area contributed by atoms with E-state index in [-0.39, 0.29) is 11.9 Å². The van der Waals surface area contributed by atoms with Crippen molar-refractivity contribution < 1.29 is 4.79 Å². The van der Waals surface area contributed by atoms with Gasteiger partial charge in [-0.3, -0.25) is 4.79 Å². The van der Waals surface area contributed by atoms with Gasteiger partial charge in [-0.25, -0.2) is 4.98 Å². The molecule has 1 aromatic heterocycles. The number of aryl methyl sites for hydroxylation is 2. The van der Waals surface area contributed by atoms with Crippen LogP contribution in [0.1, 0.15) is 40.1 Å². The Bertz CT molecular complexity index is 869. The highest BCUT2D eigenvalue weighted by atomic mass is 16.1. The van der Waals surface area contributed by atoms with Gasteiger partial charge in [-0.1, -0.05) is 36.4 Å². The van der Waals surface area contributed by atoms with Crippen LogP contribution in [0.4, 0.5) is 11.4 Å². The van der Waals surface area contributed by atoms with E-state index in [9.17, 15) is 4.79 Å². The number of pyridine rings is 1. The highest BCUT2D eigenvalue weighted by Crippen LogP contribution is 2.19. The molecular weight excluding hydrogens is 322 g/mol. The van der Waals surface area contributed by atoms with Crippen LogP contribution in [0.2, 0.25) is 0 Å². The number of nitrogens with one attached hydrogen (secondary N) is 2. The first-order valence-corrected chi connectivity index (χ1v) is 8.68. The normalized spacial score (nSPS) is 11.7. The Kier molecular flexibility index (Phi) is 5.32. The smallest absolute Gasteiger partial charge is 0.270 e. The molecule has 0 radical (unpaired) electrons. The summed E-state index contributed by atoms with van der Waals surface area (Å²) < 4.78 is 0. The largest absolute Gasteiger partial charge is 0.354 e. The molecule has 26 heavy (non-hydrogen) atoms. The maximum atomic E-state index is 12.4. The lowest BCUT2D eigenvalue weighted by Crippen LogP contribution is -2.27. The van der Waals surface area contributed by atoms with Crippen LogP contribution >= 0.6 is 0 Å². The molecule has 0 saturated carbocycles. The van der Waals surface area contributed by atoms with Gasteiger partial charge >= 0.3 is 0 Å². The number of anilines is 2. The van der Waals surface area contributed by atoms with E-state index in [2.05, 4.69) is 47.7 Å². The SMILES string of the molecule is Cc1cc(C)cc(Nc2ccc(C(=O)NC(C)c3ccccc3)nc2)c1. The molecule has 0 bridgehead atoms. The lowest BCUT2D eigenvalue weighted by Gasteiger charge is -2.14. The number of hydrogen-bond donors (Lipinski definition) is 2. The van der Waals surface area contributed by atoms with Crippen LogP contribution in [-0.4, -0.2) is 10.9 Å². The minimum absolute atomic E-state index is 0.0708. The van der Waals surface area contributed by atoms with Gasteiger partial charge in [-0.15, -0.1) is 0 Å². The van der Waals surface area contributed by atoms with Crippen LogP contribution in [0.5, 0.6) is 0 Å². The van der Waals surface area contributed by atoms with Gasteiger partial charge in [0.05, 0.1) is 17.9 Å². The summed E-state index contributed by atoms with van der Waals surface area (Å²) in [7, 11) is 0.